The van der Waals surface area contributed by atoms with Crippen LogP contribution in [0.2, 0.25) is 0 Å². The van der Waals surface area contributed by atoms with Gasteiger partial charge in [0.25, 0.3) is 0 Å². The number of halogens is 1. The van der Waals surface area contributed by atoms with Crippen molar-refractivity contribution >= 4 is 5.69 Å². The summed E-state index contributed by atoms with van der Waals surface area (Å²) < 4.78 is 15.2. The molecular weight excluding hydrogens is 367 g/mol. The summed E-state index contributed by atoms with van der Waals surface area (Å²) in [4.78, 5) is 4.73. The van der Waals surface area contributed by atoms with Gasteiger partial charge in [-0.3, -0.25) is 4.90 Å². The van der Waals surface area contributed by atoms with Gasteiger partial charge in [-0.05, 0) is 61.0 Å². The molecule has 3 aromatic rings. The lowest BCUT2D eigenvalue weighted by atomic mass is 10.0. The van der Waals surface area contributed by atoms with Gasteiger partial charge in [0, 0.05) is 31.9 Å². The number of benzene rings is 2. The van der Waals surface area contributed by atoms with Gasteiger partial charge in [-0.1, -0.05) is 30.3 Å². The van der Waals surface area contributed by atoms with Crippen molar-refractivity contribution in [2.24, 2.45) is 0 Å². The molecule has 1 aliphatic rings. The molecule has 0 unspecified atom stereocenters. The summed E-state index contributed by atoms with van der Waals surface area (Å²) in [6.45, 7) is 9.81. The van der Waals surface area contributed by atoms with Crippen molar-refractivity contribution in [2.75, 3.05) is 31.1 Å². The highest BCUT2D eigenvalue weighted by Gasteiger charge is 2.33. The largest absolute Gasteiger partial charge is 0.369 e. The van der Waals surface area contributed by atoms with E-state index in [2.05, 4.69) is 70.4 Å². The normalized spacial score (nSPS) is 16.8. The molecule has 0 N–H and O–H groups in total. The zero-order chi connectivity index (χ0) is 20.4. The van der Waals surface area contributed by atoms with Crippen molar-refractivity contribution in [1.82, 2.24) is 25.1 Å². The van der Waals surface area contributed by atoms with Gasteiger partial charge in [0.2, 0.25) is 0 Å². The van der Waals surface area contributed by atoms with Crippen LogP contribution in [0.4, 0.5) is 10.1 Å². The molecule has 6 nitrogen and oxygen atoms in total. The lowest BCUT2D eigenvalue weighted by Crippen LogP contribution is -2.48. The van der Waals surface area contributed by atoms with Crippen LogP contribution in [-0.4, -0.2) is 51.3 Å². The summed E-state index contributed by atoms with van der Waals surface area (Å²) >= 11 is 0. The van der Waals surface area contributed by atoms with Crippen LogP contribution < -0.4 is 4.90 Å². The molecule has 1 atom stereocenters. The van der Waals surface area contributed by atoms with E-state index < -0.39 is 0 Å². The molecule has 1 fully saturated rings. The highest BCUT2D eigenvalue weighted by atomic mass is 19.1. The quantitative estimate of drug-likeness (QED) is 0.678. The number of rotatable bonds is 4. The number of piperazine rings is 1. The van der Waals surface area contributed by atoms with Crippen molar-refractivity contribution in [3.05, 3.63) is 71.8 Å². The van der Waals surface area contributed by atoms with Gasteiger partial charge in [0.1, 0.15) is 5.82 Å². The molecule has 0 spiro atoms. The number of tetrazole rings is 1. The van der Waals surface area contributed by atoms with Crippen LogP contribution >= 0.6 is 0 Å². The summed E-state index contributed by atoms with van der Waals surface area (Å²) in [6.07, 6.45) is 0. The Morgan fingerprint density at radius 2 is 1.55 bits per heavy atom. The lowest BCUT2D eigenvalue weighted by Gasteiger charge is -2.40. The molecule has 4 rings (SSSR count). The van der Waals surface area contributed by atoms with E-state index in [1.54, 1.807) is 0 Å². The molecule has 29 heavy (non-hydrogen) atoms. The minimum absolute atomic E-state index is 0.0132. The second-order valence-corrected chi connectivity index (χ2v) is 8.43. The second kappa shape index (κ2) is 7.91. The summed E-state index contributed by atoms with van der Waals surface area (Å²) in [5.74, 6) is 0.657. The predicted molar refractivity (Wildman–Crippen MR) is 111 cm³/mol. The number of hydrogen-bond acceptors (Lipinski definition) is 5. The molecular formula is C22H27FN6. The van der Waals surface area contributed by atoms with E-state index >= 15 is 0 Å². The van der Waals surface area contributed by atoms with Crippen molar-refractivity contribution in [2.45, 2.75) is 32.4 Å². The van der Waals surface area contributed by atoms with E-state index in [4.69, 9.17) is 0 Å². The van der Waals surface area contributed by atoms with E-state index in [1.807, 2.05) is 22.9 Å². The van der Waals surface area contributed by atoms with Crippen molar-refractivity contribution in [3.63, 3.8) is 0 Å². The lowest BCUT2D eigenvalue weighted by molar-refractivity contribution is 0.191. The van der Waals surface area contributed by atoms with Gasteiger partial charge in [0.15, 0.2) is 5.82 Å². The zero-order valence-electron chi connectivity index (χ0n) is 17.2. The van der Waals surface area contributed by atoms with Gasteiger partial charge in [-0.2, -0.15) is 0 Å². The van der Waals surface area contributed by atoms with Gasteiger partial charge < -0.3 is 4.90 Å². The molecule has 7 heteroatoms. The molecule has 0 amide bonds. The standard InChI is InChI=1S/C22H27FN6/c1-22(2,3)29-21(24-25-26-29)20(17-7-5-4-6-8-17)28-15-13-27(14-16-28)19-11-9-18(23)10-12-19/h4-12,20H,13-16H2,1-3H3/t20-/m0/s1. The Kier molecular flexibility index (Phi) is 5.32. The molecule has 0 aliphatic carbocycles. The smallest absolute Gasteiger partial charge is 0.173 e. The van der Waals surface area contributed by atoms with Crippen LogP contribution in [0, 0.1) is 5.82 Å². The molecule has 2 aromatic carbocycles. The van der Waals surface area contributed by atoms with Gasteiger partial charge >= 0.3 is 0 Å². The fourth-order valence-electron chi connectivity index (χ4n) is 3.89. The van der Waals surface area contributed by atoms with Crippen molar-refractivity contribution in [1.29, 1.82) is 0 Å². The van der Waals surface area contributed by atoms with E-state index in [-0.39, 0.29) is 17.4 Å². The summed E-state index contributed by atoms with van der Waals surface area (Å²) in [7, 11) is 0. The SMILES string of the molecule is CC(C)(C)n1nnnc1[C@H](c1ccccc1)N1CCN(c2ccc(F)cc2)CC1. The average Bonchev–Trinajstić information content (AvgIpc) is 3.20. The van der Waals surface area contributed by atoms with Crippen LogP contribution in [0.5, 0.6) is 0 Å². The zero-order valence-corrected chi connectivity index (χ0v) is 17.2. The first-order chi connectivity index (χ1) is 13.9. The topological polar surface area (TPSA) is 50.1 Å². The molecule has 1 aliphatic heterocycles. The first-order valence-corrected chi connectivity index (χ1v) is 10.0. The Balaban J connectivity index is 1.60. The minimum Gasteiger partial charge on any atom is -0.369 e. The Labute approximate surface area is 170 Å². The Bertz CT molecular complexity index is 924. The summed E-state index contributed by atoms with van der Waals surface area (Å²) in [5, 5.41) is 12.7. The molecule has 1 aromatic heterocycles. The first kappa shape index (κ1) is 19.5. The molecule has 0 radical (unpaired) electrons. The van der Waals surface area contributed by atoms with Crippen LogP contribution in [0.1, 0.15) is 38.2 Å². The van der Waals surface area contributed by atoms with Crippen LogP contribution in [0.25, 0.3) is 0 Å². The summed E-state index contributed by atoms with van der Waals surface area (Å²) in [6, 6.07) is 17.1. The maximum absolute atomic E-state index is 13.3. The maximum atomic E-state index is 13.3. The van der Waals surface area contributed by atoms with Crippen molar-refractivity contribution < 1.29 is 4.39 Å². The minimum atomic E-state index is -0.207. The molecule has 1 saturated heterocycles. The molecule has 0 bridgehead atoms. The molecule has 0 saturated carbocycles. The van der Waals surface area contributed by atoms with Gasteiger partial charge in [-0.15, -0.1) is 5.10 Å². The Hall–Kier alpha value is -2.80. The van der Waals surface area contributed by atoms with Gasteiger partial charge in [0.05, 0.1) is 11.6 Å². The van der Waals surface area contributed by atoms with Crippen LogP contribution in [-0.2, 0) is 5.54 Å². The predicted octanol–water partition coefficient (Wildman–Crippen LogP) is 3.48. The maximum Gasteiger partial charge on any atom is 0.173 e. The monoisotopic (exact) mass is 394 g/mol. The van der Waals surface area contributed by atoms with Gasteiger partial charge in [-0.25, -0.2) is 9.07 Å². The highest BCUT2D eigenvalue weighted by molar-refractivity contribution is 5.46. The van der Waals surface area contributed by atoms with E-state index in [0.29, 0.717) is 0 Å². The number of hydrogen-bond donors (Lipinski definition) is 0. The third kappa shape index (κ3) is 4.15. The third-order valence-electron chi connectivity index (χ3n) is 5.36. The van der Waals surface area contributed by atoms with Crippen LogP contribution in [0.15, 0.2) is 54.6 Å². The molecule has 2 heterocycles. The van der Waals surface area contributed by atoms with E-state index in [0.717, 1.165) is 37.7 Å². The van der Waals surface area contributed by atoms with E-state index in [1.165, 1.54) is 17.7 Å². The second-order valence-electron chi connectivity index (χ2n) is 8.43. The van der Waals surface area contributed by atoms with Crippen LogP contribution in [0.3, 0.4) is 0 Å². The summed E-state index contributed by atoms with van der Waals surface area (Å²) in [5.41, 5.74) is 2.03. The Morgan fingerprint density at radius 3 is 2.17 bits per heavy atom. The number of anilines is 1. The van der Waals surface area contributed by atoms with E-state index in [9.17, 15) is 4.39 Å². The average molecular weight is 394 g/mol. The first-order valence-electron chi connectivity index (χ1n) is 10.0. The number of nitrogens with zero attached hydrogens (tertiary/aromatic N) is 6. The van der Waals surface area contributed by atoms with Crippen molar-refractivity contribution in [3.8, 4) is 0 Å². The number of aromatic nitrogens is 4. The molecule has 152 valence electrons. The fraction of sp³-hybridized carbons (Fsp3) is 0.409. The third-order valence-corrected chi connectivity index (χ3v) is 5.36. The fourth-order valence-corrected chi connectivity index (χ4v) is 3.89. The Morgan fingerprint density at radius 1 is 0.897 bits per heavy atom. The highest BCUT2D eigenvalue weighted by Crippen LogP contribution is 2.31.